The Balaban J connectivity index is 2.05. The average molecular weight is 313 g/mol. The monoisotopic (exact) mass is 312 g/mol. The first-order valence-corrected chi connectivity index (χ1v) is 6.81. The fourth-order valence-electron chi connectivity index (χ4n) is 1.48. The van der Waals surface area contributed by atoms with E-state index in [-0.39, 0.29) is 6.61 Å². The van der Waals surface area contributed by atoms with E-state index in [4.69, 9.17) is 5.11 Å². The molecular weight excluding hydrogens is 300 g/mol. The molecule has 1 heterocycles. The summed E-state index contributed by atoms with van der Waals surface area (Å²) in [7, 11) is 2.00. The van der Waals surface area contributed by atoms with E-state index < -0.39 is 0 Å². The predicted molar refractivity (Wildman–Crippen MR) is 74.3 cm³/mol. The standard InChI is InChI=1S/C12H13BrN2OS/c1-15(12-14-6-11(8-16)17-12)7-9-2-4-10(13)5-3-9/h2-6,16H,7-8H2,1H3. The van der Waals surface area contributed by atoms with Gasteiger partial charge >= 0.3 is 0 Å². The van der Waals surface area contributed by atoms with E-state index in [2.05, 4.69) is 37.9 Å². The molecule has 0 radical (unpaired) electrons. The molecule has 17 heavy (non-hydrogen) atoms. The molecule has 5 heteroatoms. The largest absolute Gasteiger partial charge is 0.391 e. The van der Waals surface area contributed by atoms with Gasteiger partial charge in [0, 0.05) is 24.3 Å². The Morgan fingerprint density at radius 3 is 2.65 bits per heavy atom. The second-order valence-electron chi connectivity index (χ2n) is 3.75. The maximum Gasteiger partial charge on any atom is 0.185 e. The second-order valence-corrected chi connectivity index (χ2v) is 5.76. The number of hydrogen-bond donors (Lipinski definition) is 1. The van der Waals surface area contributed by atoms with E-state index in [1.54, 1.807) is 6.20 Å². The molecule has 0 fully saturated rings. The summed E-state index contributed by atoms with van der Waals surface area (Å²) in [6.07, 6.45) is 1.72. The number of benzene rings is 1. The average Bonchev–Trinajstić information content (AvgIpc) is 2.81. The fourth-order valence-corrected chi connectivity index (χ4v) is 2.47. The lowest BCUT2D eigenvalue weighted by Crippen LogP contribution is -2.15. The summed E-state index contributed by atoms with van der Waals surface area (Å²) in [4.78, 5) is 7.24. The van der Waals surface area contributed by atoms with Crippen molar-refractivity contribution >= 4 is 32.4 Å². The van der Waals surface area contributed by atoms with Crippen LogP contribution in [0.4, 0.5) is 5.13 Å². The van der Waals surface area contributed by atoms with Gasteiger partial charge in [-0.3, -0.25) is 0 Å². The molecule has 0 aliphatic heterocycles. The Labute approximate surface area is 113 Å². The number of anilines is 1. The van der Waals surface area contributed by atoms with Crippen LogP contribution in [0.25, 0.3) is 0 Å². The molecule has 0 bridgehead atoms. The Morgan fingerprint density at radius 1 is 1.35 bits per heavy atom. The molecule has 0 spiro atoms. The van der Waals surface area contributed by atoms with Crippen LogP contribution in [-0.2, 0) is 13.2 Å². The van der Waals surface area contributed by atoms with Crippen LogP contribution >= 0.6 is 27.3 Å². The summed E-state index contributed by atoms with van der Waals surface area (Å²) in [5.74, 6) is 0. The van der Waals surface area contributed by atoms with Crippen LogP contribution in [0.15, 0.2) is 34.9 Å². The third-order valence-corrected chi connectivity index (χ3v) is 3.98. The van der Waals surface area contributed by atoms with Crippen molar-refractivity contribution in [2.24, 2.45) is 0 Å². The SMILES string of the molecule is CN(Cc1ccc(Br)cc1)c1ncc(CO)s1. The molecule has 0 saturated heterocycles. The molecule has 1 N–H and O–H groups in total. The van der Waals surface area contributed by atoms with Gasteiger partial charge in [0.25, 0.3) is 0 Å². The summed E-state index contributed by atoms with van der Waals surface area (Å²) in [6, 6.07) is 8.23. The Kier molecular flexibility index (Phi) is 4.15. The number of hydrogen-bond acceptors (Lipinski definition) is 4. The normalized spacial score (nSPS) is 10.5. The molecule has 1 aromatic carbocycles. The second kappa shape index (κ2) is 5.62. The van der Waals surface area contributed by atoms with Gasteiger partial charge in [0.1, 0.15) is 0 Å². The van der Waals surface area contributed by atoms with Crippen molar-refractivity contribution in [2.75, 3.05) is 11.9 Å². The van der Waals surface area contributed by atoms with Crippen molar-refractivity contribution in [1.29, 1.82) is 0 Å². The number of aromatic nitrogens is 1. The maximum atomic E-state index is 9.00. The van der Waals surface area contributed by atoms with Gasteiger partial charge in [0.05, 0.1) is 11.5 Å². The predicted octanol–water partition coefficient (Wildman–Crippen LogP) is 3.03. The van der Waals surface area contributed by atoms with Crippen molar-refractivity contribution in [1.82, 2.24) is 4.98 Å². The number of aliphatic hydroxyl groups excluding tert-OH is 1. The van der Waals surface area contributed by atoms with E-state index in [1.807, 2.05) is 19.2 Å². The van der Waals surface area contributed by atoms with Crippen molar-refractivity contribution in [2.45, 2.75) is 13.2 Å². The topological polar surface area (TPSA) is 36.4 Å². The van der Waals surface area contributed by atoms with Gasteiger partial charge in [-0.25, -0.2) is 4.98 Å². The van der Waals surface area contributed by atoms with Gasteiger partial charge in [0.2, 0.25) is 0 Å². The number of halogens is 1. The first-order chi connectivity index (χ1) is 8.19. The van der Waals surface area contributed by atoms with Gasteiger partial charge in [-0.05, 0) is 17.7 Å². The number of thiazole rings is 1. The van der Waals surface area contributed by atoms with Gasteiger partial charge in [-0.1, -0.05) is 39.4 Å². The summed E-state index contributed by atoms with van der Waals surface area (Å²) >= 11 is 4.94. The smallest absolute Gasteiger partial charge is 0.185 e. The number of aliphatic hydroxyl groups is 1. The molecule has 2 rings (SSSR count). The molecular formula is C12H13BrN2OS. The highest BCUT2D eigenvalue weighted by molar-refractivity contribution is 9.10. The minimum Gasteiger partial charge on any atom is -0.391 e. The third kappa shape index (κ3) is 3.28. The molecule has 3 nitrogen and oxygen atoms in total. The van der Waals surface area contributed by atoms with Crippen LogP contribution in [0.3, 0.4) is 0 Å². The van der Waals surface area contributed by atoms with Crippen LogP contribution in [0.2, 0.25) is 0 Å². The van der Waals surface area contributed by atoms with Crippen molar-refractivity contribution in [3.05, 3.63) is 45.4 Å². The first-order valence-electron chi connectivity index (χ1n) is 5.20. The van der Waals surface area contributed by atoms with Gasteiger partial charge in [0.15, 0.2) is 5.13 Å². The Hall–Kier alpha value is -0.910. The van der Waals surface area contributed by atoms with Crippen LogP contribution < -0.4 is 4.90 Å². The quantitative estimate of drug-likeness (QED) is 0.942. The lowest BCUT2D eigenvalue weighted by molar-refractivity contribution is 0.285. The minimum atomic E-state index is 0.0593. The molecule has 2 aromatic rings. The Bertz CT molecular complexity index is 484. The van der Waals surface area contributed by atoms with Crippen LogP contribution in [0.1, 0.15) is 10.4 Å². The van der Waals surface area contributed by atoms with E-state index in [1.165, 1.54) is 16.9 Å². The molecule has 0 aliphatic carbocycles. The van der Waals surface area contributed by atoms with Crippen LogP contribution in [0.5, 0.6) is 0 Å². The summed E-state index contributed by atoms with van der Waals surface area (Å²) < 4.78 is 1.08. The highest BCUT2D eigenvalue weighted by Crippen LogP contribution is 2.23. The lowest BCUT2D eigenvalue weighted by atomic mass is 10.2. The minimum absolute atomic E-state index is 0.0593. The zero-order valence-corrected chi connectivity index (χ0v) is 11.8. The molecule has 0 aliphatic rings. The summed E-state index contributed by atoms with van der Waals surface area (Å²) in [5, 5.41) is 9.93. The molecule has 0 amide bonds. The summed E-state index contributed by atoms with van der Waals surface area (Å²) in [6.45, 7) is 0.870. The van der Waals surface area contributed by atoms with Crippen molar-refractivity contribution in [3.8, 4) is 0 Å². The highest BCUT2D eigenvalue weighted by atomic mass is 79.9. The van der Waals surface area contributed by atoms with Gasteiger partial charge in [-0.15, -0.1) is 0 Å². The van der Waals surface area contributed by atoms with Crippen LogP contribution in [0, 0.1) is 0 Å². The summed E-state index contributed by atoms with van der Waals surface area (Å²) in [5.41, 5.74) is 1.23. The van der Waals surface area contributed by atoms with Crippen molar-refractivity contribution in [3.63, 3.8) is 0 Å². The van der Waals surface area contributed by atoms with E-state index in [0.717, 1.165) is 21.0 Å². The molecule has 0 unspecified atom stereocenters. The third-order valence-electron chi connectivity index (χ3n) is 2.36. The van der Waals surface area contributed by atoms with Crippen molar-refractivity contribution < 1.29 is 5.11 Å². The van der Waals surface area contributed by atoms with E-state index in [0.29, 0.717) is 0 Å². The Morgan fingerprint density at radius 2 is 2.06 bits per heavy atom. The molecule has 1 aromatic heterocycles. The maximum absolute atomic E-state index is 9.00. The highest BCUT2D eigenvalue weighted by Gasteiger charge is 2.07. The zero-order chi connectivity index (χ0) is 12.3. The molecule has 90 valence electrons. The zero-order valence-electron chi connectivity index (χ0n) is 9.43. The first kappa shape index (κ1) is 12.5. The number of rotatable bonds is 4. The van der Waals surface area contributed by atoms with Gasteiger partial charge in [-0.2, -0.15) is 0 Å². The van der Waals surface area contributed by atoms with Gasteiger partial charge < -0.3 is 10.0 Å². The molecule has 0 saturated carbocycles. The van der Waals surface area contributed by atoms with E-state index in [9.17, 15) is 0 Å². The van der Waals surface area contributed by atoms with E-state index >= 15 is 0 Å². The lowest BCUT2D eigenvalue weighted by Gasteiger charge is -2.15. The molecule has 0 atom stereocenters. The van der Waals surface area contributed by atoms with Crippen LogP contribution in [-0.4, -0.2) is 17.1 Å². The fraction of sp³-hybridized carbons (Fsp3) is 0.250. The number of nitrogens with zero attached hydrogens (tertiary/aromatic N) is 2.